The molecule has 2 aromatic rings. The van der Waals surface area contributed by atoms with Gasteiger partial charge in [0.2, 0.25) is 0 Å². The highest BCUT2D eigenvalue weighted by molar-refractivity contribution is 5.42. The molecule has 0 aliphatic carbocycles. The highest BCUT2D eigenvalue weighted by Crippen LogP contribution is 2.21. The summed E-state index contributed by atoms with van der Waals surface area (Å²) in [5.41, 5.74) is 3.33. The molecular weight excluding hydrogens is 241 g/mol. The van der Waals surface area contributed by atoms with Crippen LogP contribution in [0, 0.1) is 31.0 Å². The molecule has 19 heavy (non-hydrogen) atoms. The van der Waals surface area contributed by atoms with E-state index in [1.807, 2.05) is 19.9 Å². The van der Waals surface area contributed by atoms with Gasteiger partial charge in [-0.25, -0.2) is 4.39 Å². The van der Waals surface area contributed by atoms with Gasteiger partial charge in [-0.15, -0.1) is 0 Å². The molecule has 0 heterocycles. The molecule has 0 aliphatic heterocycles. The van der Waals surface area contributed by atoms with Crippen LogP contribution in [0.15, 0.2) is 36.4 Å². The van der Waals surface area contributed by atoms with Crippen molar-refractivity contribution in [3.8, 4) is 11.8 Å². The molecule has 2 nitrogen and oxygen atoms in total. The van der Waals surface area contributed by atoms with Gasteiger partial charge in [0, 0.05) is 0 Å². The van der Waals surface area contributed by atoms with Crippen molar-refractivity contribution in [3.63, 3.8) is 0 Å². The number of aryl methyl sites for hydroxylation is 2. The van der Waals surface area contributed by atoms with E-state index in [1.165, 1.54) is 12.1 Å². The summed E-state index contributed by atoms with van der Waals surface area (Å²) in [6, 6.07) is 12.0. The minimum atomic E-state index is -0.246. The summed E-state index contributed by atoms with van der Waals surface area (Å²) in [5, 5.41) is 8.87. The lowest BCUT2D eigenvalue weighted by molar-refractivity contribution is 0.303. The lowest BCUT2D eigenvalue weighted by Gasteiger charge is -2.11. The zero-order valence-electron chi connectivity index (χ0n) is 10.9. The fraction of sp³-hybridized carbons (Fsp3) is 0.188. The fourth-order valence-corrected chi connectivity index (χ4v) is 1.80. The largest absolute Gasteiger partial charge is 0.489 e. The van der Waals surface area contributed by atoms with Crippen LogP contribution in [-0.4, -0.2) is 0 Å². The predicted molar refractivity (Wildman–Crippen MR) is 71.4 cm³/mol. The minimum Gasteiger partial charge on any atom is -0.489 e. The summed E-state index contributed by atoms with van der Waals surface area (Å²) in [4.78, 5) is 0. The van der Waals surface area contributed by atoms with E-state index in [2.05, 4.69) is 6.07 Å². The number of hydrogen-bond acceptors (Lipinski definition) is 2. The van der Waals surface area contributed by atoms with Gasteiger partial charge in [-0.2, -0.15) is 5.26 Å². The van der Waals surface area contributed by atoms with Crippen LogP contribution in [0.3, 0.4) is 0 Å². The first-order chi connectivity index (χ1) is 9.10. The first-order valence-electron chi connectivity index (χ1n) is 5.99. The lowest BCUT2D eigenvalue weighted by Crippen LogP contribution is -2.00. The van der Waals surface area contributed by atoms with E-state index in [0.717, 1.165) is 16.7 Å². The van der Waals surface area contributed by atoms with Crippen LogP contribution in [-0.2, 0) is 6.61 Å². The Morgan fingerprint density at radius 3 is 2.58 bits per heavy atom. The molecule has 0 N–H and O–H groups in total. The number of nitriles is 1. The summed E-state index contributed by atoms with van der Waals surface area (Å²) in [6.07, 6.45) is 0. The van der Waals surface area contributed by atoms with Crippen LogP contribution in [0.5, 0.6) is 5.75 Å². The Hall–Kier alpha value is -2.34. The van der Waals surface area contributed by atoms with Crippen molar-refractivity contribution in [1.82, 2.24) is 0 Å². The Kier molecular flexibility index (Phi) is 3.82. The fourth-order valence-electron chi connectivity index (χ4n) is 1.80. The SMILES string of the molecule is Cc1cc(F)ccc1COc1cc(C#N)ccc1C. The standard InChI is InChI=1S/C16H14FNO/c1-11-3-4-13(9-18)8-16(11)19-10-14-5-6-15(17)7-12(14)2/h3-8H,10H2,1-2H3. The van der Waals surface area contributed by atoms with Crippen molar-refractivity contribution in [2.75, 3.05) is 0 Å². The topological polar surface area (TPSA) is 33.0 Å². The quantitative estimate of drug-likeness (QED) is 0.833. The first kappa shape index (κ1) is 13.1. The molecule has 0 spiro atoms. The van der Waals surface area contributed by atoms with E-state index in [1.54, 1.807) is 18.2 Å². The minimum absolute atomic E-state index is 0.246. The summed E-state index contributed by atoms with van der Waals surface area (Å²) < 4.78 is 18.7. The molecule has 0 atom stereocenters. The molecule has 0 unspecified atom stereocenters. The zero-order chi connectivity index (χ0) is 13.8. The maximum atomic E-state index is 13.0. The first-order valence-corrected chi connectivity index (χ1v) is 5.99. The molecule has 0 aliphatic rings. The van der Waals surface area contributed by atoms with Gasteiger partial charge in [0.15, 0.2) is 0 Å². The number of benzene rings is 2. The zero-order valence-corrected chi connectivity index (χ0v) is 10.9. The van der Waals surface area contributed by atoms with Crippen LogP contribution in [0.4, 0.5) is 4.39 Å². The van der Waals surface area contributed by atoms with Gasteiger partial charge in [-0.1, -0.05) is 12.1 Å². The van der Waals surface area contributed by atoms with Crippen molar-refractivity contribution in [2.45, 2.75) is 20.5 Å². The molecule has 2 rings (SSSR count). The van der Waals surface area contributed by atoms with Crippen molar-refractivity contribution in [1.29, 1.82) is 5.26 Å². The summed E-state index contributed by atoms with van der Waals surface area (Å²) in [5.74, 6) is 0.437. The highest BCUT2D eigenvalue weighted by Gasteiger charge is 2.04. The molecule has 0 saturated carbocycles. The van der Waals surface area contributed by atoms with Crippen molar-refractivity contribution >= 4 is 0 Å². The van der Waals surface area contributed by atoms with Gasteiger partial charge < -0.3 is 4.74 Å². The number of halogens is 1. The van der Waals surface area contributed by atoms with Crippen LogP contribution in [0.1, 0.15) is 22.3 Å². The summed E-state index contributed by atoms with van der Waals surface area (Å²) in [6.45, 7) is 4.14. The van der Waals surface area contributed by atoms with E-state index in [-0.39, 0.29) is 5.82 Å². The highest BCUT2D eigenvalue weighted by atomic mass is 19.1. The average Bonchev–Trinajstić information content (AvgIpc) is 2.39. The van der Waals surface area contributed by atoms with E-state index in [0.29, 0.717) is 17.9 Å². The van der Waals surface area contributed by atoms with Crippen LogP contribution in [0.25, 0.3) is 0 Å². The predicted octanol–water partition coefficient (Wildman–Crippen LogP) is 3.89. The summed E-state index contributed by atoms with van der Waals surface area (Å²) >= 11 is 0. The molecule has 0 bridgehead atoms. The van der Waals surface area contributed by atoms with Crippen molar-refractivity contribution in [2.24, 2.45) is 0 Å². The maximum Gasteiger partial charge on any atom is 0.124 e. The Morgan fingerprint density at radius 1 is 1.11 bits per heavy atom. The molecule has 0 aromatic heterocycles. The van der Waals surface area contributed by atoms with E-state index in [9.17, 15) is 4.39 Å². The lowest BCUT2D eigenvalue weighted by atomic mass is 10.1. The molecule has 0 radical (unpaired) electrons. The Bertz CT molecular complexity index is 644. The van der Waals surface area contributed by atoms with Crippen LogP contribution in [0.2, 0.25) is 0 Å². The molecule has 96 valence electrons. The monoisotopic (exact) mass is 255 g/mol. The van der Waals surface area contributed by atoms with Crippen LogP contribution < -0.4 is 4.74 Å². The molecule has 0 fully saturated rings. The van der Waals surface area contributed by atoms with Gasteiger partial charge in [-0.3, -0.25) is 0 Å². The van der Waals surface area contributed by atoms with Gasteiger partial charge in [0.1, 0.15) is 18.2 Å². The van der Waals surface area contributed by atoms with Gasteiger partial charge in [0.25, 0.3) is 0 Å². The number of nitrogens with zero attached hydrogens (tertiary/aromatic N) is 1. The number of ether oxygens (including phenoxy) is 1. The van der Waals surface area contributed by atoms with Crippen molar-refractivity contribution in [3.05, 3.63) is 64.5 Å². The maximum absolute atomic E-state index is 13.0. The normalized spacial score (nSPS) is 10.0. The Morgan fingerprint density at radius 2 is 1.89 bits per heavy atom. The second-order valence-corrected chi connectivity index (χ2v) is 4.45. The molecular formula is C16H14FNO. The third kappa shape index (κ3) is 3.11. The average molecular weight is 255 g/mol. The van der Waals surface area contributed by atoms with E-state index >= 15 is 0 Å². The van der Waals surface area contributed by atoms with Gasteiger partial charge in [-0.05, 0) is 54.8 Å². The number of hydrogen-bond donors (Lipinski definition) is 0. The third-order valence-corrected chi connectivity index (χ3v) is 3.01. The van der Waals surface area contributed by atoms with Crippen LogP contribution >= 0.6 is 0 Å². The molecule has 0 saturated heterocycles. The van der Waals surface area contributed by atoms with Gasteiger partial charge in [0.05, 0.1) is 11.6 Å². The second kappa shape index (κ2) is 5.53. The Balaban J connectivity index is 2.16. The second-order valence-electron chi connectivity index (χ2n) is 4.45. The number of rotatable bonds is 3. The molecule has 3 heteroatoms. The van der Waals surface area contributed by atoms with E-state index in [4.69, 9.17) is 10.00 Å². The van der Waals surface area contributed by atoms with Crippen molar-refractivity contribution < 1.29 is 9.13 Å². The van der Waals surface area contributed by atoms with E-state index < -0.39 is 0 Å². The molecule has 0 amide bonds. The smallest absolute Gasteiger partial charge is 0.124 e. The third-order valence-electron chi connectivity index (χ3n) is 3.01. The molecule has 2 aromatic carbocycles. The van der Waals surface area contributed by atoms with Gasteiger partial charge >= 0.3 is 0 Å². The Labute approximate surface area is 112 Å². The summed E-state index contributed by atoms with van der Waals surface area (Å²) in [7, 11) is 0.